The van der Waals surface area contributed by atoms with E-state index in [1.165, 1.54) is 25.7 Å². The molecule has 1 saturated heterocycles. The van der Waals surface area contributed by atoms with E-state index in [0.29, 0.717) is 12.6 Å². The van der Waals surface area contributed by atoms with Gasteiger partial charge in [-0.3, -0.25) is 0 Å². The molecule has 3 rings (SSSR count). The minimum absolute atomic E-state index is 0.0485. The summed E-state index contributed by atoms with van der Waals surface area (Å²) < 4.78 is 29.5. The first-order valence-electron chi connectivity index (χ1n) is 7.69. The molecule has 0 aromatic carbocycles. The zero-order valence-corrected chi connectivity index (χ0v) is 12.3. The summed E-state index contributed by atoms with van der Waals surface area (Å²) in [7, 11) is -2.96. The molecule has 1 atom stereocenters. The molecule has 4 nitrogen and oxygen atoms in total. The number of nitrogens with one attached hydrogen (secondary N) is 1. The van der Waals surface area contributed by atoms with E-state index in [0.717, 1.165) is 31.3 Å². The Bertz CT molecular complexity index is 383. The fourth-order valence-corrected chi connectivity index (χ4v) is 4.58. The molecule has 1 N–H and O–H groups in total. The van der Waals surface area contributed by atoms with Gasteiger partial charge in [0.1, 0.15) is 0 Å². The maximum Gasteiger partial charge on any atom is 0.154 e. The lowest BCUT2D eigenvalue weighted by atomic mass is 10.1. The van der Waals surface area contributed by atoms with Gasteiger partial charge in [0.2, 0.25) is 0 Å². The number of rotatable bonds is 8. The molecule has 0 spiro atoms. The first kappa shape index (κ1) is 13.8. The third-order valence-electron chi connectivity index (χ3n) is 4.52. The molecule has 1 unspecified atom stereocenters. The Balaban J connectivity index is 1.40. The Morgan fingerprint density at radius 2 is 1.79 bits per heavy atom. The standard InChI is InChI=1S/C14H25NO3S/c16-19(17,10-13-2-1-8-18-13)9-7-15-14(11-3-4-11)12-5-6-12/h11-15H,1-10H2. The molecule has 2 saturated carbocycles. The Morgan fingerprint density at radius 1 is 1.11 bits per heavy atom. The fraction of sp³-hybridized carbons (Fsp3) is 1.00. The van der Waals surface area contributed by atoms with Crippen LogP contribution in [0.15, 0.2) is 0 Å². The molecule has 0 bridgehead atoms. The summed E-state index contributed by atoms with van der Waals surface area (Å²) in [5.41, 5.74) is 0. The third-order valence-corrected chi connectivity index (χ3v) is 6.22. The van der Waals surface area contributed by atoms with Crippen LogP contribution in [0.5, 0.6) is 0 Å². The van der Waals surface area contributed by atoms with Crippen LogP contribution in [-0.4, -0.2) is 45.2 Å². The predicted molar refractivity (Wildman–Crippen MR) is 74.9 cm³/mol. The summed E-state index contributed by atoms with van der Waals surface area (Å²) in [6.07, 6.45) is 7.18. The highest BCUT2D eigenvalue weighted by molar-refractivity contribution is 7.91. The van der Waals surface area contributed by atoms with E-state index in [4.69, 9.17) is 4.74 Å². The maximum atomic E-state index is 12.0. The maximum absolute atomic E-state index is 12.0. The molecule has 19 heavy (non-hydrogen) atoms. The van der Waals surface area contributed by atoms with Gasteiger partial charge < -0.3 is 10.1 Å². The van der Waals surface area contributed by atoms with Gasteiger partial charge in [-0.2, -0.15) is 0 Å². The van der Waals surface area contributed by atoms with Crippen LogP contribution in [-0.2, 0) is 14.6 Å². The van der Waals surface area contributed by atoms with Crippen LogP contribution < -0.4 is 5.32 Å². The lowest BCUT2D eigenvalue weighted by molar-refractivity contribution is 0.127. The number of hydrogen-bond acceptors (Lipinski definition) is 4. The first-order chi connectivity index (χ1) is 9.14. The molecule has 110 valence electrons. The van der Waals surface area contributed by atoms with Crippen molar-refractivity contribution >= 4 is 9.84 Å². The van der Waals surface area contributed by atoms with E-state index in [1.54, 1.807) is 0 Å². The minimum atomic E-state index is -2.96. The van der Waals surface area contributed by atoms with Crippen molar-refractivity contribution < 1.29 is 13.2 Å². The van der Waals surface area contributed by atoms with Crippen LogP contribution in [0.25, 0.3) is 0 Å². The molecular formula is C14H25NO3S. The smallest absolute Gasteiger partial charge is 0.154 e. The van der Waals surface area contributed by atoms with E-state index < -0.39 is 9.84 Å². The number of ether oxygens (including phenoxy) is 1. The van der Waals surface area contributed by atoms with Gasteiger partial charge in [0.25, 0.3) is 0 Å². The number of hydrogen-bond donors (Lipinski definition) is 1. The molecule has 5 heteroatoms. The zero-order valence-electron chi connectivity index (χ0n) is 11.5. The lowest BCUT2D eigenvalue weighted by Gasteiger charge is -2.18. The monoisotopic (exact) mass is 287 g/mol. The summed E-state index contributed by atoms with van der Waals surface area (Å²) >= 11 is 0. The summed E-state index contributed by atoms with van der Waals surface area (Å²) in [4.78, 5) is 0. The Labute approximate surface area is 116 Å². The topological polar surface area (TPSA) is 55.4 Å². The molecule has 3 aliphatic rings. The van der Waals surface area contributed by atoms with Crippen molar-refractivity contribution in [3.8, 4) is 0 Å². The van der Waals surface area contributed by atoms with Crippen molar-refractivity contribution in [3.05, 3.63) is 0 Å². The van der Waals surface area contributed by atoms with Crippen molar-refractivity contribution in [2.24, 2.45) is 11.8 Å². The number of sulfone groups is 1. The van der Waals surface area contributed by atoms with Crippen LogP contribution in [0.1, 0.15) is 38.5 Å². The van der Waals surface area contributed by atoms with Crippen molar-refractivity contribution in [2.75, 3.05) is 24.7 Å². The van der Waals surface area contributed by atoms with Gasteiger partial charge in [0, 0.05) is 19.2 Å². The normalized spacial score (nSPS) is 28.2. The summed E-state index contributed by atoms with van der Waals surface area (Å²) in [5, 5.41) is 3.50. The quantitative estimate of drug-likeness (QED) is 0.732. The summed E-state index contributed by atoms with van der Waals surface area (Å²) in [5.74, 6) is 2.14. The van der Waals surface area contributed by atoms with Gasteiger partial charge in [-0.05, 0) is 50.4 Å². The van der Waals surface area contributed by atoms with E-state index in [-0.39, 0.29) is 17.6 Å². The van der Waals surface area contributed by atoms with Crippen molar-refractivity contribution in [2.45, 2.75) is 50.7 Å². The zero-order chi connectivity index (χ0) is 13.3. The highest BCUT2D eigenvalue weighted by Crippen LogP contribution is 2.44. The van der Waals surface area contributed by atoms with Crippen LogP contribution in [0, 0.1) is 11.8 Å². The average Bonchev–Trinajstić information content (AvgIpc) is 3.26. The van der Waals surface area contributed by atoms with Crippen molar-refractivity contribution in [1.29, 1.82) is 0 Å². The van der Waals surface area contributed by atoms with Gasteiger partial charge in [-0.15, -0.1) is 0 Å². The molecule has 0 radical (unpaired) electrons. The largest absolute Gasteiger partial charge is 0.377 e. The molecule has 3 fully saturated rings. The molecule has 1 aliphatic heterocycles. The van der Waals surface area contributed by atoms with E-state index >= 15 is 0 Å². The highest BCUT2D eigenvalue weighted by atomic mass is 32.2. The van der Waals surface area contributed by atoms with Crippen LogP contribution in [0.2, 0.25) is 0 Å². The Hall–Kier alpha value is -0.130. The second-order valence-corrected chi connectivity index (χ2v) is 8.63. The Morgan fingerprint density at radius 3 is 2.32 bits per heavy atom. The SMILES string of the molecule is O=S(=O)(CCNC(C1CC1)C1CC1)CC1CCCO1. The van der Waals surface area contributed by atoms with Gasteiger partial charge in [-0.1, -0.05) is 0 Å². The van der Waals surface area contributed by atoms with E-state index in [9.17, 15) is 8.42 Å². The highest BCUT2D eigenvalue weighted by Gasteiger charge is 2.41. The fourth-order valence-electron chi connectivity index (χ4n) is 3.15. The Kier molecular flexibility index (Phi) is 4.15. The van der Waals surface area contributed by atoms with Crippen LogP contribution >= 0.6 is 0 Å². The molecular weight excluding hydrogens is 262 g/mol. The predicted octanol–water partition coefficient (Wildman–Crippen LogP) is 1.36. The van der Waals surface area contributed by atoms with Gasteiger partial charge >= 0.3 is 0 Å². The summed E-state index contributed by atoms with van der Waals surface area (Å²) in [6.45, 7) is 1.34. The molecule has 2 aliphatic carbocycles. The molecule has 0 aromatic heterocycles. The van der Waals surface area contributed by atoms with Gasteiger partial charge in [-0.25, -0.2) is 8.42 Å². The van der Waals surface area contributed by atoms with E-state index in [2.05, 4.69) is 5.32 Å². The van der Waals surface area contributed by atoms with Crippen LogP contribution in [0.3, 0.4) is 0 Å². The first-order valence-corrected chi connectivity index (χ1v) is 9.51. The lowest BCUT2D eigenvalue weighted by Crippen LogP contribution is -2.37. The second-order valence-electron chi connectivity index (χ2n) is 6.40. The van der Waals surface area contributed by atoms with Crippen molar-refractivity contribution in [3.63, 3.8) is 0 Å². The van der Waals surface area contributed by atoms with Gasteiger partial charge in [0.15, 0.2) is 9.84 Å². The van der Waals surface area contributed by atoms with E-state index in [1.807, 2.05) is 0 Å². The van der Waals surface area contributed by atoms with Crippen molar-refractivity contribution in [1.82, 2.24) is 5.32 Å². The molecule has 0 aromatic rings. The van der Waals surface area contributed by atoms with Crippen LogP contribution in [0.4, 0.5) is 0 Å². The minimum Gasteiger partial charge on any atom is -0.377 e. The van der Waals surface area contributed by atoms with Gasteiger partial charge in [0.05, 0.1) is 17.6 Å². The second kappa shape index (κ2) is 5.70. The average molecular weight is 287 g/mol. The summed E-state index contributed by atoms with van der Waals surface area (Å²) in [6, 6.07) is 0.595. The molecule has 0 amide bonds. The molecule has 1 heterocycles. The third kappa shape index (κ3) is 4.17.